The van der Waals surface area contributed by atoms with Crippen LogP contribution < -0.4 is 10.2 Å². The molecule has 182 valence electrons. The van der Waals surface area contributed by atoms with Gasteiger partial charge >= 0.3 is 19.1 Å². The molecule has 1 saturated heterocycles. The molecule has 10 heteroatoms. The van der Waals surface area contributed by atoms with Gasteiger partial charge in [0.15, 0.2) is 0 Å². The van der Waals surface area contributed by atoms with Crippen molar-refractivity contribution in [1.29, 1.82) is 0 Å². The van der Waals surface area contributed by atoms with Crippen LogP contribution in [-0.2, 0) is 30.8 Å². The summed E-state index contributed by atoms with van der Waals surface area (Å²) in [4.78, 5) is 25.2. The molecule has 0 bridgehead atoms. The second-order valence-corrected chi connectivity index (χ2v) is 10.1. The summed E-state index contributed by atoms with van der Waals surface area (Å²) in [6.45, 7) is 0.511. The Kier molecular flexibility index (Phi) is 10.8. The van der Waals surface area contributed by atoms with Crippen molar-refractivity contribution in [3.8, 4) is 5.75 Å². The summed E-state index contributed by atoms with van der Waals surface area (Å²) in [5, 5.41) is 0.923. The van der Waals surface area contributed by atoms with E-state index in [-0.39, 0.29) is 13.1 Å². The van der Waals surface area contributed by atoms with Crippen molar-refractivity contribution in [2.24, 2.45) is 0 Å². The second-order valence-electron chi connectivity index (χ2n) is 7.74. The van der Waals surface area contributed by atoms with Crippen LogP contribution in [0.3, 0.4) is 0 Å². The van der Waals surface area contributed by atoms with Gasteiger partial charge in [-0.05, 0) is 54.6 Å². The fourth-order valence-electron chi connectivity index (χ4n) is 3.10. The number of benzene rings is 3. The zero-order chi connectivity index (χ0) is 25.2. The lowest BCUT2D eigenvalue weighted by molar-refractivity contribution is -0.145. The van der Waals surface area contributed by atoms with Gasteiger partial charge in [0.25, 0.3) is 0 Å². The van der Waals surface area contributed by atoms with Gasteiger partial charge in [0, 0.05) is 19.7 Å². The highest BCUT2D eigenvalue weighted by atomic mass is 79.9. The minimum absolute atomic E-state index is 0.0411. The first-order valence-corrected chi connectivity index (χ1v) is 13.4. The number of alkyl halides is 1. The Hall–Kier alpha value is -2.14. The van der Waals surface area contributed by atoms with E-state index >= 15 is 0 Å². The molecule has 0 spiro atoms. The summed E-state index contributed by atoms with van der Waals surface area (Å²) in [5.41, 5.74) is 2.91. The Morgan fingerprint density at radius 2 is 1.40 bits per heavy atom. The molecular formula is C25H23BBr3NO5. The maximum atomic E-state index is 11.8. The van der Waals surface area contributed by atoms with Crippen molar-refractivity contribution in [3.63, 3.8) is 0 Å². The van der Waals surface area contributed by atoms with Gasteiger partial charge in [-0.1, -0.05) is 84.2 Å². The largest absolute Gasteiger partial charge is 0.636 e. The van der Waals surface area contributed by atoms with Crippen LogP contribution in [0.2, 0.25) is 0 Å². The summed E-state index contributed by atoms with van der Waals surface area (Å²) >= 11 is 10.2. The highest BCUT2D eigenvalue weighted by Gasteiger charge is 2.33. The van der Waals surface area contributed by atoms with Crippen LogP contribution in [-0.4, -0.2) is 44.1 Å². The summed E-state index contributed by atoms with van der Waals surface area (Å²) in [6.07, 6.45) is 0. The molecule has 0 unspecified atom stereocenters. The fourth-order valence-corrected chi connectivity index (χ4v) is 4.35. The predicted molar refractivity (Wildman–Crippen MR) is 147 cm³/mol. The maximum Gasteiger partial charge on any atom is 0.636 e. The molecule has 6 nitrogen and oxygen atoms in total. The molecule has 1 aliphatic rings. The first-order valence-electron chi connectivity index (χ1n) is 10.7. The lowest BCUT2D eigenvalue weighted by Crippen LogP contribution is -2.47. The van der Waals surface area contributed by atoms with E-state index in [9.17, 15) is 9.59 Å². The number of rotatable bonds is 5. The summed E-state index contributed by atoms with van der Waals surface area (Å²) in [5.74, 6) is -0.225. The Balaban J connectivity index is 0.000000320. The summed E-state index contributed by atoms with van der Waals surface area (Å²) in [6, 6.07) is 23.0. The lowest BCUT2D eigenvalue weighted by Gasteiger charge is -2.22. The van der Waals surface area contributed by atoms with Gasteiger partial charge in [0.1, 0.15) is 12.4 Å². The molecule has 3 aromatic carbocycles. The molecule has 0 atom stereocenters. The molecular weight excluding hydrogens is 645 g/mol. The molecule has 0 saturated carbocycles. The second kappa shape index (κ2) is 13.8. The number of carbonyl (C=O) groups is 2. The number of likely N-dealkylation sites (N-methyl/N-ethyl adjacent to an activating group) is 1. The summed E-state index contributed by atoms with van der Waals surface area (Å²) in [7, 11) is 0.614. The van der Waals surface area contributed by atoms with Crippen LogP contribution in [0.25, 0.3) is 0 Å². The quantitative estimate of drug-likeness (QED) is 0.279. The highest BCUT2D eigenvalue weighted by Crippen LogP contribution is 2.16. The van der Waals surface area contributed by atoms with Crippen LogP contribution in [0.15, 0.2) is 81.7 Å². The number of hydrogen-bond acceptors (Lipinski definition) is 6. The topological polar surface area (TPSA) is 65.1 Å². The van der Waals surface area contributed by atoms with Crippen LogP contribution >= 0.6 is 47.8 Å². The van der Waals surface area contributed by atoms with Crippen LogP contribution in [0, 0.1) is 0 Å². The van der Waals surface area contributed by atoms with Crippen molar-refractivity contribution in [2.45, 2.75) is 11.9 Å². The molecule has 1 fully saturated rings. The van der Waals surface area contributed by atoms with Crippen molar-refractivity contribution >= 4 is 72.3 Å². The van der Waals surface area contributed by atoms with Crippen molar-refractivity contribution in [3.05, 3.63) is 92.9 Å². The third kappa shape index (κ3) is 9.44. The first-order chi connectivity index (χ1) is 16.8. The standard InChI is InChI=1S/C18H17BBrNO5.C7H6Br2/c1-21-10-17(22)25-19(26-18(23)11-21)14-5-7-16(8-6-14)24-12-13-3-2-4-15(20)9-13;8-5-6-2-1-3-7(9)4-6/h2-9H,10-12H2,1H3;1-4H,5H2. The smallest absolute Gasteiger partial charge is 0.494 e. The number of carbonyl (C=O) groups excluding carboxylic acids is 2. The Labute approximate surface area is 230 Å². The monoisotopic (exact) mass is 665 g/mol. The Bertz CT molecular complexity index is 1130. The summed E-state index contributed by atoms with van der Waals surface area (Å²) < 4.78 is 18.3. The van der Waals surface area contributed by atoms with E-state index in [4.69, 9.17) is 14.0 Å². The molecule has 35 heavy (non-hydrogen) atoms. The lowest BCUT2D eigenvalue weighted by atomic mass is 9.78. The Morgan fingerprint density at radius 3 is 1.91 bits per heavy atom. The molecule has 0 aromatic heterocycles. The molecule has 0 N–H and O–H groups in total. The maximum absolute atomic E-state index is 11.8. The van der Waals surface area contributed by atoms with E-state index < -0.39 is 19.1 Å². The molecule has 0 radical (unpaired) electrons. The van der Waals surface area contributed by atoms with Crippen LogP contribution in [0.4, 0.5) is 0 Å². The van der Waals surface area contributed by atoms with Crippen molar-refractivity contribution in [2.75, 3.05) is 20.1 Å². The normalized spacial score (nSPS) is 14.1. The van der Waals surface area contributed by atoms with E-state index in [1.165, 1.54) is 5.56 Å². The van der Waals surface area contributed by atoms with Crippen LogP contribution in [0.1, 0.15) is 11.1 Å². The zero-order valence-electron chi connectivity index (χ0n) is 19.0. The van der Waals surface area contributed by atoms with E-state index in [0.717, 1.165) is 19.8 Å². The van der Waals surface area contributed by atoms with E-state index in [2.05, 4.69) is 59.9 Å². The molecule has 0 amide bonds. The van der Waals surface area contributed by atoms with E-state index in [0.29, 0.717) is 17.8 Å². The third-order valence-electron chi connectivity index (χ3n) is 4.77. The van der Waals surface area contributed by atoms with Gasteiger partial charge in [-0.15, -0.1) is 0 Å². The number of nitrogens with zero attached hydrogens (tertiary/aromatic N) is 1. The van der Waals surface area contributed by atoms with Gasteiger partial charge < -0.3 is 14.0 Å². The number of ether oxygens (including phenoxy) is 1. The predicted octanol–water partition coefficient (Wildman–Crippen LogP) is 5.10. The third-order valence-corrected chi connectivity index (χ3v) is 6.40. The molecule has 0 aliphatic carbocycles. The minimum Gasteiger partial charge on any atom is -0.494 e. The van der Waals surface area contributed by atoms with Crippen molar-refractivity contribution in [1.82, 2.24) is 4.90 Å². The first kappa shape index (κ1) is 27.5. The molecule has 3 aromatic rings. The van der Waals surface area contributed by atoms with Gasteiger partial charge in [0.05, 0.1) is 13.1 Å². The number of hydrogen-bond donors (Lipinski definition) is 0. The van der Waals surface area contributed by atoms with Crippen molar-refractivity contribution < 1.29 is 23.6 Å². The van der Waals surface area contributed by atoms with Gasteiger partial charge in [0.2, 0.25) is 0 Å². The SMILES string of the molecule is BrCc1cccc(Br)c1.CN1CC(=O)OB(c2ccc(OCc3cccc(Br)c3)cc2)OC(=O)C1. The Morgan fingerprint density at radius 1 is 0.857 bits per heavy atom. The van der Waals surface area contributed by atoms with Gasteiger partial charge in [-0.2, -0.15) is 0 Å². The number of halogens is 3. The average Bonchev–Trinajstić information content (AvgIpc) is 2.82. The van der Waals surface area contributed by atoms with E-state index in [1.54, 1.807) is 36.2 Å². The fraction of sp³-hybridized carbons (Fsp3) is 0.200. The highest BCUT2D eigenvalue weighted by molar-refractivity contribution is 9.10. The van der Waals surface area contributed by atoms with Gasteiger partial charge in [-0.25, -0.2) is 0 Å². The van der Waals surface area contributed by atoms with E-state index in [1.807, 2.05) is 36.4 Å². The molecule has 1 aliphatic heterocycles. The molecule has 1 heterocycles. The van der Waals surface area contributed by atoms with Gasteiger partial charge in [-0.3, -0.25) is 14.5 Å². The van der Waals surface area contributed by atoms with Crippen LogP contribution in [0.5, 0.6) is 5.75 Å². The zero-order valence-corrected chi connectivity index (χ0v) is 23.7. The minimum atomic E-state index is -1.04. The average molecular weight is 668 g/mol. The molecule has 4 rings (SSSR count).